The van der Waals surface area contributed by atoms with E-state index in [1.54, 1.807) is 12.4 Å². The van der Waals surface area contributed by atoms with Crippen LogP contribution < -0.4 is 5.73 Å². The first-order chi connectivity index (χ1) is 13.3. The van der Waals surface area contributed by atoms with Gasteiger partial charge in [0.1, 0.15) is 0 Å². The smallest absolute Gasteiger partial charge is 0.227 e. The van der Waals surface area contributed by atoms with Crippen LogP contribution in [0.4, 0.5) is 0 Å². The van der Waals surface area contributed by atoms with Gasteiger partial charge in [-0.2, -0.15) is 4.98 Å². The van der Waals surface area contributed by atoms with Crippen LogP contribution in [0.3, 0.4) is 0 Å². The highest BCUT2D eigenvalue weighted by Gasteiger charge is 2.16. The van der Waals surface area contributed by atoms with Crippen molar-refractivity contribution in [2.45, 2.75) is 25.8 Å². The van der Waals surface area contributed by atoms with E-state index in [2.05, 4.69) is 15.1 Å². The van der Waals surface area contributed by atoms with Crippen molar-refractivity contribution >= 4 is 5.91 Å². The second kappa shape index (κ2) is 9.59. The number of aromatic nitrogens is 3. The second-order valence-electron chi connectivity index (χ2n) is 6.19. The Labute approximate surface area is 158 Å². The molecule has 0 saturated carbocycles. The molecule has 0 unspecified atom stereocenters. The highest BCUT2D eigenvalue weighted by atomic mass is 16.5. The van der Waals surface area contributed by atoms with E-state index in [0.29, 0.717) is 44.2 Å². The Morgan fingerprint density at radius 3 is 2.63 bits per heavy atom. The lowest BCUT2D eigenvalue weighted by atomic mass is 10.2. The zero-order valence-corrected chi connectivity index (χ0v) is 15.1. The Morgan fingerprint density at radius 2 is 1.89 bits per heavy atom. The first kappa shape index (κ1) is 18.7. The quantitative estimate of drug-likeness (QED) is 0.625. The third kappa shape index (κ3) is 5.46. The van der Waals surface area contributed by atoms with Crippen LogP contribution in [-0.2, 0) is 17.8 Å². The molecular formula is C20H23N5O2. The molecule has 27 heavy (non-hydrogen) atoms. The van der Waals surface area contributed by atoms with Crippen molar-refractivity contribution in [1.29, 1.82) is 0 Å². The molecule has 140 valence electrons. The van der Waals surface area contributed by atoms with Crippen LogP contribution in [0.15, 0.2) is 59.4 Å². The fraction of sp³-hybridized carbons (Fsp3) is 0.300. The highest BCUT2D eigenvalue weighted by molar-refractivity contribution is 5.76. The van der Waals surface area contributed by atoms with Crippen LogP contribution >= 0.6 is 0 Å². The number of hydrogen-bond donors (Lipinski definition) is 1. The molecule has 0 aliphatic rings. The van der Waals surface area contributed by atoms with Crippen molar-refractivity contribution in [3.63, 3.8) is 0 Å². The Morgan fingerprint density at radius 1 is 1.11 bits per heavy atom. The van der Waals surface area contributed by atoms with Crippen LogP contribution in [0.25, 0.3) is 11.4 Å². The Kier molecular flexibility index (Phi) is 6.65. The molecule has 3 aromatic rings. The summed E-state index contributed by atoms with van der Waals surface area (Å²) in [6.07, 6.45) is 4.84. The maximum atomic E-state index is 12.7. The summed E-state index contributed by atoms with van der Waals surface area (Å²) in [7, 11) is 0. The number of pyridine rings is 1. The largest absolute Gasteiger partial charge is 0.339 e. The molecule has 0 aliphatic carbocycles. The van der Waals surface area contributed by atoms with Crippen LogP contribution in [-0.4, -0.2) is 39.0 Å². The minimum absolute atomic E-state index is 0.0518. The first-order valence-corrected chi connectivity index (χ1v) is 9.01. The summed E-state index contributed by atoms with van der Waals surface area (Å²) in [6, 6.07) is 13.6. The molecule has 0 spiro atoms. The number of benzene rings is 1. The molecule has 0 fully saturated rings. The van der Waals surface area contributed by atoms with Gasteiger partial charge >= 0.3 is 0 Å². The second-order valence-corrected chi connectivity index (χ2v) is 6.19. The van der Waals surface area contributed by atoms with Gasteiger partial charge < -0.3 is 15.2 Å². The molecule has 3 rings (SSSR count). The van der Waals surface area contributed by atoms with E-state index in [1.807, 2.05) is 47.4 Å². The van der Waals surface area contributed by atoms with Crippen LogP contribution in [0.1, 0.15) is 24.3 Å². The average Bonchev–Trinajstić information content (AvgIpc) is 3.20. The van der Waals surface area contributed by atoms with Crippen molar-refractivity contribution < 1.29 is 9.32 Å². The first-order valence-electron chi connectivity index (χ1n) is 9.01. The monoisotopic (exact) mass is 365 g/mol. The van der Waals surface area contributed by atoms with E-state index < -0.39 is 0 Å². The predicted molar refractivity (Wildman–Crippen MR) is 101 cm³/mol. The number of carbonyl (C=O) groups is 1. The van der Waals surface area contributed by atoms with Crippen molar-refractivity contribution in [2.75, 3.05) is 13.1 Å². The minimum Gasteiger partial charge on any atom is -0.339 e. The fourth-order valence-corrected chi connectivity index (χ4v) is 2.72. The summed E-state index contributed by atoms with van der Waals surface area (Å²) < 4.78 is 5.28. The van der Waals surface area contributed by atoms with E-state index in [-0.39, 0.29) is 5.91 Å². The van der Waals surface area contributed by atoms with Crippen molar-refractivity contribution in [2.24, 2.45) is 5.73 Å². The molecule has 7 heteroatoms. The number of amides is 1. The molecule has 0 atom stereocenters. The van der Waals surface area contributed by atoms with E-state index >= 15 is 0 Å². The summed E-state index contributed by atoms with van der Waals surface area (Å²) in [5, 5.41) is 3.97. The van der Waals surface area contributed by atoms with Gasteiger partial charge in [0.15, 0.2) is 0 Å². The summed E-state index contributed by atoms with van der Waals surface area (Å²) in [6.45, 7) is 1.76. The number of nitrogens with zero attached hydrogens (tertiary/aromatic N) is 4. The number of carbonyl (C=O) groups excluding carboxylic acids is 1. The number of hydrogen-bond acceptors (Lipinski definition) is 6. The van der Waals surface area contributed by atoms with Gasteiger partial charge in [-0.05, 0) is 30.7 Å². The average molecular weight is 365 g/mol. The molecule has 0 aliphatic heterocycles. The van der Waals surface area contributed by atoms with Gasteiger partial charge in [-0.1, -0.05) is 35.5 Å². The normalized spacial score (nSPS) is 10.7. The molecule has 0 bridgehead atoms. The molecule has 0 saturated heterocycles. The van der Waals surface area contributed by atoms with Gasteiger partial charge in [0.25, 0.3) is 0 Å². The fourth-order valence-electron chi connectivity index (χ4n) is 2.72. The minimum atomic E-state index is 0.0518. The van der Waals surface area contributed by atoms with Crippen molar-refractivity contribution in [1.82, 2.24) is 20.0 Å². The maximum absolute atomic E-state index is 12.7. The van der Waals surface area contributed by atoms with Crippen LogP contribution in [0.5, 0.6) is 0 Å². The maximum Gasteiger partial charge on any atom is 0.227 e. The van der Waals surface area contributed by atoms with Crippen molar-refractivity contribution in [3.8, 4) is 11.4 Å². The van der Waals surface area contributed by atoms with E-state index in [1.165, 1.54) is 0 Å². The number of rotatable bonds is 9. The topological polar surface area (TPSA) is 98.1 Å². The van der Waals surface area contributed by atoms with Crippen LogP contribution in [0, 0.1) is 0 Å². The predicted octanol–water partition coefficient (Wildman–Crippen LogP) is 2.44. The van der Waals surface area contributed by atoms with E-state index in [4.69, 9.17) is 10.3 Å². The lowest BCUT2D eigenvalue weighted by Crippen LogP contribution is -2.32. The van der Waals surface area contributed by atoms with Gasteiger partial charge in [-0.15, -0.1) is 0 Å². The SMILES string of the molecule is NCCCN(Cc1ccccc1)C(=O)CCc1nc(-c2ccncc2)no1. The standard InChI is InChI=1S/C20H23N5O2/c21-11-4-14-25(15-16-5-2-1-3-6-16)19(26)8-7-18-23-20(24-27-18)17-9-12-22-13-10-17/h1-3,5-6,9-10,12-13H,4,7-8,11,14-15,21H2. The summed E-state index contributed by atoms with van der Waals surface area (Å²) in [4.78, 5) is 22.9. The zero-order chi connectivity index (χ0) is 18.9. The Balaban J connectivity index is 1.59. The van der Waals surface area contributed by atoms with Crippen molar-refractivity contribution in [3.05, 3.63) is 66.3 Å². The summed E-state index contributed by atoms with van der Waals surface area (Å²) >= 11 is 0. The summed E-state index contributed by atoms with van der Waals surface area (Å²) in [5.41, 5.74) is 7.55. The third-order valence-electron chi connectivity index (χ3n) is 4.16. The molecule has 7 nitrogen and oxygen atoms in total. The third-order valence-corrected chi connectivity index (χ3v) is 4.16. The molecule has 2 N–H and O–H groups in total. The lowest BCUT2D eigenvalue weighted by Gasteiger charge is -2.22. The molecule has 1 aromatic carbocycles. The molecule has 0 radical (unpaired) electrons. The molecule has 2 heterocycles. The molecule has 1 amide bonds. The number of nitrogens with two attached hydrogens (primary N) is 1. The van der Waals surface area contributed by atoms with E-state index in [0.717, 1.165) is 17.5 Å². The van der Waals surface area contributed by atoms with Gasteiger partial charge in [-0.25, -0.2) is 0 Å². The Hall–Kier alpha value is -3.06. The van der Waals surface area contributed by atoms with Gasteiger partial charge in [0, 0.05) is 43.9 Å². The zero-order valence-electron chi connectivity index (χ0n) is 15.1. The van der Waals surface area contributed by atoms with Gasteiger partial charge in [0.05, 0.1) is 0 Å². The van der Waals surface area contributed by atoms with E-state index in [9.17, 15) is 4.79 Å². The number of aryl methyl sites for hydroxylation is 1. The van der Waals surface area contributed by atoms with Crippen LogP contribution in [0.2, 0.25) is 0 Å². The molecule has 2 aromatic heterocycles. The molecular weight excluding hydrogens is 342 g/mol. The van der Waals surface area contributed by atoms with Gasteiger partial charge in [0.2, 0.25) is 17.6 Å². The van der Waals surface area contributed by atoms with Gasteiger partial charge in [-0.3, -0.25) is 9.78 Å². The Bertz CT molecular complexity index is 836. The lowest BCUT2D eigenvalue weighted by molar-refractivity contribution is -0.131. The highest BCUT2D eigenvalue weighted by Crippen LogP contribution is 2.15. The summed E-state index contributed by atoms with van der Waals surface area (Å²) in [5.74, 6) is 1.01.